The fraction of sp³-hybridized carbons (Fsp3) is 0.171. The van der Waals surface area contributed by atoms with E-state index in [0.29, 0.717) is 50.5 Å². The van der Waals surface area contributed by atoms with Crippen molar-refractivity contribution in [3.8, 4) is 23.0 Å². The number of carbonyl (C=O) groups excluding carboxylic acids is 3. The number of thioether (sulfide) groups is 1. The number of hydrogen-bond acceptors (Lipinski definition) is 8. The molecule has 0 fully saturated rings. The Morgan fingerprint density at radius 3 is 2.02 bits per heavy atom. The van der Waals surface area contributed by atoms with Crippen molar-refractivity contribution in [2.24, 2.45) is 0 Å². The monoisotopic (exact) mass is 675 g/mol. The summed E-state index contributed by atoms with van der Waals surface area (Å²) in [6.07, 6.45) is 1.51. The predicted octanol–water partition coefficient (Wildman–Crippen LogP) is 6.82. The molecule has 244 valence electrons. The van der Waals surface area contributed by atoms with Crippen molar-refractivity contribution in [3.05, 3.63) is 106 Å². The van der Waals surface area contributed by atoms with Crippen LogP contribution in [0, 0.1) is 6.92 Å². The summed E-state index contributed by atoms with van der Waals surface area (Å²) in [5.41, 5.74) is 2.72. The van der Waals surface area contributed by atoms with Crippen LogP contribution in [0.5, 0.6) is 23.0 Å². The minimum Gasteiger partial charge on any atom is -0.495 e. The van der Waals surface area contributed by atoms with Crippen LogP contribution in [0.1, 0.15) is 21.5 Å². The van der Waals surface area contributed by atoms with E-state index in [-0.39, 0.29) is 17.4 Å². The summed E-state index contributed by atoms with van der Waals surface area (Å²) in [5, 5.41) is 8.94. The number of ether oxygens (including phenoxy) is 4. The van der Waals surface area contributed by atoms with E-state index in [1.165, 1.54) is 46.3 Å². The lowest BCUT2D eigenvalue weighted by atomic mass is 10.1. The fourth-order valence-corrected chi connectivity index (χ4v) is 5.24. The highest BCUT2D eigenvalue weighted by Gasteiger charge is 2.18. The normalized spacial score (nSPS) is 10.9. The van der Waals surface area contributed by atoms with Crippen molar-refractivity contribution in [2.75, 3.05) is 44.8 Å². The van der Waals surface area contributed by atoms with E-state index in [1.54, 1.807) is 78.9 Å². The van der Waals surface area contributed by atoms with Gasteiger partial charge in [0.15, 0.2) is 11.5 Å². The second-order valence-corrected chi connectivity index (χ2v) is 11.4. The van der Waals surface area contributed by atoms with Gasteiger partial charge in [0, 0.05) is 27.2 Å². The first-order valence-corrected chi connectivity index (χ1v) is 15.6. The third-order valence-corrected chi connectivity index (χ3v) is 8.18. The summed E-state index contributed by atoms with van der Waals surface area (Å²) in [7, 11) is 5.98. The van der Waals surface area contributed by atoms with Crippen LogP contribution in [0.25, 0.3) is 6.08 Å². The molecule has 3 amide bonds. The van der Waals surface area contributed by atoms with Gasteiger partial charge in [-0.2, -0.15) is 0 Å². The highest BCUT2D eigenvalue weighted by atomic mass is 35.5. The van der Waals surface area contributed by atoms with Gasteiger partial charge >= 0.3 is 0 Å². The highest BCUT2D eigenvalue weighted by molar-refractivity contribution is 8.00. The minimum absolute atomic E-state index is 0.0175. The summed E-state index contributed by atoms with van der Waals surface area (Å²) >= 11 is 7.49. The van der Waals surface area contributed by atoms with Crippen molar-refractivity contribution in [2.45, 2.75) is 11.8 Å². The van der Waals surface area contributed by atoms with Crippen LogP contribution in [-0.4, -0.2) is 51.9 Å². The molecule has 10 nitrogen and oxygen atoms in total. The van der Waals surface area contributed by atoms with E-state index in [1.807, 2.05) is 6.92 Å². The first-order valence-electron chi connectivity index (χ1n) is 14.2. The topological polar surface area (TPSA) is 124 Å². The quantitative estimate of drug-likeness (QED) is 0.104. The lowest BCUT2D eigenvalue weighted by Crippen LogP contribution is -2.30. The summed E-state index contributed by atoms with van der Waals surface area (Å²) in [5.74, 6) is 0.533. The summed E-state index contributed by atoms with van der Waals surface area (Å²) < 4.78 is 21.6. The van der Waals surface area contributed by atoms with E-state index in [0.717, 1.165) is 10.5 Å². The van der Waals surface area contributed by atoms with Crippen LogP contribution in [0.3, 0.4) is 0 Å². The molecule has 0 saturated carbocycles. The van der Waals surface area contributed by atoms with Crippen LogP contribution >= 0.6 is 23.4 Å². The molecule has 3 N–H and O–H groups in total. The van der Waals surface area contributed by atoms with Gasteiger partial charge in [-0.15, -0.1) is 11.8 Å². The van der Waals surface area contributed by atoms with Crippen molar-refractivity contribution in [1.29, 1.82) is 0 Å². The molecule has 0 aliphatic carbocycles. The van der Waals surface area contributed by atoms with Crippen LogP contribution in [0.4, 0.5) is 11.4 Å². The molecular weight excluding hydrogens is 642 g/mol. The molecule has 0 radical (unpaired) electrons. The smallest absolute Gasteiger partial charge is 0.272 e. The molecule has 0 saturated heterocycles. The second kappa shape index (κ2) is 16.4. The molecule has 0 aromatic heterocycles. The predicted molar refractivity (Wildman–Crippen MR) is 185 cm³/mol. The van der Waals surface area contributed by atoms with E-state index in [2.05, 4.69) is 16.0 Å². The maximum Gasteiger partial charge on any atom is 0.272 e. The third-order valence-electron chi connectivity index (χ3n) is 6.76. The number of anilines is 2. The second-order valence-electron chi connectivity index (χ2n) is 9.95. The molecule has 0 aliphatic heterocycles. The zero-order valence-electron chi connectivity index (χ0n) is 26.4. The molecule has 0 atom stereocenters. The van der Waals surface area contributed by atoms with Gasteiger partial charge in [0.1, 0.15) is 11.4 Å². The average Bonchev–Trinajstić information content (AvgIpc) is 3.08. The number of benzene rings is 4. The van der Waals surface area contributed by atoms with E-state index in [4.69, 9.17) is 30.5 Å². The maximum absolute atomic E-state index is 13.5. The number of halogens is 1. The Labute approximate surface area is 282 Å². The molecule has 0 unspecified atom stereocenters. The molecule has 4 rings (SSSR count). The van der Waals surface area contributed by atoms with Crippen LogP contribution < -0.4 is 34.9 Å². The Bertz CT molecular complexity index is 1760. The standard InChI is InChI=1S/C35H34ClN3O7S/c1-21-15-27(29(43-2)19-26(21)36)38-32(40)20-47-25-13-11-24(12-14-25)37-35(42)28(39-34(41)23-9-7-6-8-10-23)16-22-17-30(44-3)33(46-5)31(18-22)45-4/h6-19H,20H2,1-5H3,(H,37,42)(H,38,40)(H,39,41)/b28-16-. The Balaban J connectivity index is 1.49. The first-order chi connectivity index (χ1) is 22.6. The Hall–Kier alpha value is -5.13. The van der Waals surface area contributed by atoms with Crippen LogP contribution in [0.2, 0.25) is 5.02 Å². The fourth-order valence-electron chi connectivity index (χ4n) is 4.39. The molecule has 0 heterocycles. The van der Waals surface area contributed by atoms with Crippen LogP contribution in [0.15, 0.2) is 89.5 Å². The van der Waals surface area contributed by atoms with Crippen molar-refractivity contribution >= 4 is 58.5 Å². The third kappa shape index (κ3) is 9.21. The van der Waals surface area contributed by atoms with Gasteiger partial charge in [-0.3, -0.25) is 14.4 Å². The lowest BCUT2D eigenvalue weighted by molar-refractivity contribution is -0.114. The van der Waals surface area contributed by atoms with Crippen molar-refractivity contribution in [3.63, 3.8) is 0 Å². The zero-order valence-corrected chi connectivity index (χ0v) is 28.0. The minimum atomic E-state index is -0.560. The van der Waals surface area contributed by atoms with E-state index >= 15 is 0 Å². The largest absolute Gasteiger partial charge is 0.495 e. The number of methoxy groups -OCH3 is 4. The SMILES string of the molecule is COc1cc(Cl)c(C)cc1NC(=O)CSc1ccc(NC(=O)/C(=C/c2cc(OC)c(OC)c(OC)c2)NC(=O)c2ccccc2)cc1. The van der Waals surface area contributed by atoms with Gasteiger partial charge in [0.05, 0.1) is 39.9 Å². The summed E-state index contributed by atoms with van der Waals surface area (Å²) in [6, 6.07) is 22.3. The molecule has 0 spiro atoms. The van der Waals surface area contributed by atoms with E-state index in [9.17, 15) is 14.4 Å². The molecule has 0 aliphatic rings. The van der Waals surface area contributed by atoms with Gasteiger partial charge in [0.2, 0.25) is 11.7 Å². The van der Waals surface area contributed by atoms with Crippen LogP contribution in [-0.2, 0) is 9.59 Å². The first kappa shape index (κ1) is 34.7. The molecule has 0 bridgehead atoms. The number of amides is 3. The Kier molecular flexibility index (Phi) is 12.1. The zero-order chi connectivity index (χ0) is 33.9. The number of rotatable bonds is 13. The molecule has 47 heavy (non-hydrogen) atoms. The average molecular weight is 676 g/mol. The van der Waals surface area contributed by atoms with Gasteiger partial charge in [-0.05, 0) is 78.7 Å². The molecule has 12 heteroatoms. The lowest BCUT2D eigenvalue weighted by Gasteiger charge is -2.15. The number of carbonyl (C=O) groups is 3. The maximum atomic E-state index is 13.5. The van der Waals surface area contributed by atoms with Crippen molar-refractivity contribution in [1.82, 2.24) is 5.32 Å². The number of hydrogen-bond donors (Lipinski definition) is 3. The van der Waals surface area contributed by atoms with Gasteiger partial charge in [-0.1, -0.05) is 29.8 Å². The Morgan fingerprint density at radius 1 is 0.787 bits per heavy atom. The van der Waals surface area contributed by atoms with Gasteiger partial charge < -0.3 is 34.9 Å². The highest BCUT2D eigenvalue weighted by Crippen LogP contribution is 2.39. The molecule has 4 aromatic carbocycles. The molecular formula is C35H34ClN3O7S. The Morgan fingerprint density at radius 2 is 1.43 bits per heavy atom. The molecule has 4 aromatic rings. The number of aryl methyl sites for hydroxylation is 1. The number of nitrogens with one attached hydrogen (secondary N) is 3. The van der Waals surface area contributed by atoms with Gasteiger partial charge in [-0.25, -0.2) is 0 Å². The van der Waals surface area contributed by atoms with E-state index < -0.39 is 11.8 Å². The van der Waals surface area contributed by atoms with Crippen molar-refractivity contribution < 1.29 is 33.3 Å². The summed E-state index contributed by atoms with van der Waals surface area (Å²) in [6.45, 7) is 1.84. The summed E-state index contributed by atoms with van der Waals surface area (Å²) in [4.78, 5) is 40.0. The van der Waals surface area contributed by atoms with Gasteiger partial charge in [0.25, 0.3) is 11.8 Å².